The van der Waals surface area contributed by atoms with Crippen molar-refractivity contribution < 1.29 is 5.11 Å². The Hall–Kier alpha value is -0.0800. The lowest BCUT2D eigenvalue weighted by Crippen LogP contribution is -2.15. The summed E-state index contributed by atoms with van der Waals surface area (Å²) in [5.74, 6) is 1.65. The fourth-order valence-electron chi connectivity index (χ4n) is 1.54. The van der Waals surface area contributed by atoms with Crippen LogP contribution in [0.2, 0.25) is 0 Å². The van der Waals surface area contributed by atoms with Gasteiger partial charge in [-0.15, -0.1) is 0 Å². The molecule has 0 spiro atoms. The van der Waals surface area contributed by atoms with E-state index in [-0.39, 0.29) is 0 Å². The van der Waals surface area contributed by atoms with Gasteiger partial charge in [0.2, 0.25) is 0 Å². The predicted octanol–water partition coefficient (Wildman–Crippen LogP) is 1.13. The van der Waals surface area contributed by atoms with E-state index in [0.717, 1.165) is 25.3 Å². The van der Waals surface area contributed by atoms with E-state index < -0.39 is 0 Å². The van der Waals surface area contributed by atoms with E-state index in [4.69, 9.17) is 10.8 Å². The molecule has 0 aromatic rings. The smallest absolute Gasteiger partial charge is 0.0431 e. The highest BCUT2D eigenvalue weighted by atomic mass is 16.2. The van der Waals surface area contributed by atoms with Crippen LogP contribution in [0.1, 0.15) is 32.1 Å². The van der Waals surface area contributed by atoms with Gasteiger partial charge in [0.25, 0.3) is 0 Å². The van der Waals surface area contributed by atoms with Gasteiger partial charge in [-0.3, -0.25) is 0 Å². The van der Waals surface area contributed by atoms with E-state index in [9.17, 15) is 0 Å². The van der Waals surface area contributed by atoms with Crippen molar-refractivity contribution in [3.8, 4) is 0 Å². The van der Waals surface area contributed by atoms with Crippen molar-refractivity contribution in [3.63, 3.8) is 0 Å². The van der Waals surface area contributed by atoms with Gasteiger partial charge in [-0.2, -0.15) is 0 Å². The van der Waals surface area contributed by atoms with E-state index in [1.807, 2.05) is 0 Å². The maximum atomic E-state index is 8.62. The molecule has 11 heavy (non-hydrogen) atoms. The molecule has 0 heterocycles. The second-order valence-corrected chi connectivity index (χ2v) is 3.65. The van der Waals surface area contributed by atoms with Crippen molar-refractivity contribution >= 4 is 0 Å². The minimum absolute atomic E-state index is 0.321. The molecule has 0 bridgehead atoms. The van der Waals surface area contributed by atoms with E-state index in [1.165, 1.54) is 19.3 Å². The van der Waals surface area contributed by atoms with Gasteiger partial charge in [-0.25, -0.2) is 0 Å². The molecule has 0 aromatic heterocycles. The fourth-order valence-corrected chi connectivity index (χ4v) is 1.54. The molecular formula is C9H19NO. The van der Waals surface area contributed by atoms with Crippen molar-refractivity contribution in [2.24, 2.45) is 17.6 Å². The number of hydrogen-bond acceptors (Lipinski definition) is 2. The van der Waals surface area contributed by atoms with Gasteiger partial charge in [0.05, 0.1) is 0 Å². The van der Waals surface area contributed by atoms with Crippen molar-refractivity contribution in [3.05, 3.63) is 0 Å². The van der Waals surface area contributed by atoms with Crippen LogP contribution in [-0.2, 0) is 0 Å². The van der Waals surface area contributed by atoms with Crippen molar-refractivity contribution in [1.82, 2.24) is 0 Å². The van der Waals surface area contributed by atoms with Gasteiger partial charge in [-0.05, 0) is 37.6 Å². The lowest BCUT2D eigenvalue weighted by atomic mass is 9.97. The van der Waals surface area contributed by atoms with Gasteiger partial charge in [0.15, 0.2) is 0 Å². The molecule has 2 heteroatoms. The molecule has 66 valence electrons. The Balaban J connectivity index is 2.02. The minimum Gasteiger partial charge on any atom is -0.396 e. The minimum atomic E-state index is 0.321. The number of aliphatic hydroxyl groups excluding tert-OH is 1. The standard InChI is InChI=1S/C9H19NO/c10-7-9(2-1-5-11)6-8-3-4-8/h8-9,11H,1-7,10H2/t9-/m0/s1. The lowest BCUT2D eigenvalue weighted by Gasteiger charge is -2.12. The molecule has 1 fully saturated rings. The molecule has 1 rings (SSSR count). The molecule has 1 atom stereocenters. The first-order valence-electron chi connectivity index (χ1n) is 4.67. The first kappa shape index (κ1) is 9.01. The first-order chi connectivity index (χ1) is 5.36. The summed E-state index contributed by atoms with van der Waals surface area (Å²) in [5.41, 5.74) is 5.61. The van der Waals surface area contributed by atoms with Gasteiger partial charge >= 0.3 is 0 Å². The third kappa shape index (κ3) is 3.73. The van der Waals surface area contributed by atoms with Crippen LogP contribution in [0, 0.1) is 11.8 Å². The summed E-state index contributed by atoms with van der Waals surface area (Å²) in [7, 11) is 0. The Morgan fingerprint density at radius 3 is 2.64 bits per heavy atom. The van der Waals surface area contributed by atoms with Crippen LogP contribution in [0.15, 0.2) is 0 Å². The summed E-state index contributed by atoms with van der Waals surface area (Å²) >= 11 is 0. The number of hydrogen-bond donors (Lipinski definition) is 2. The predicted molar refractivity (Wildman–Crippen MR) is 46.2 cm³/mol. The Labute approximate surface area is 68.8 Å². The molecule has 1 aliphatic rings. The topological polar surface area (TPSA) is 46.2 Å². The Morgan fingerprint density at radius 1 is 1.45 bits per heavy atom. The third-order valence-corrected chi connectivity index (χ3v) is 2.47. The fraction of sp³-hybridized carbons (Fsp3) is 1.00. The maximum Gasteiger partial charge on any atom is 0.0431 e. The summed E-state index contributed by atoms with van der Waals surface area (Å²) in [5, 5.41) is 8.62. The maximum absolute atomic E-state index is 8.62. The van der Waals surface area contributed by atoms with Crippen LogP contribution in [0.4, 0.5) is 0 Å². The van der Waals surface area contributed by atoms with Crippen molar-refractivity contribution in [2.45, 2.75) is 32.1 Å². The van der Waals surface area contributed by atoms with Crippen LogP contribution < -0.4 is 5.73 Å². The van der Waals surface area contributed by atoms with E-state index in [0.29, 0.717) is 12.5 Å². The average Bonchev–Trinajstić information content (AvgIpc) is 2.81. The van der Waals surface area contributed by atoms with Gasteiger partial charge in [0, 0.05) is 6.61 Å². The lowest BCUT2D eigenvalue weighted by molar-refractivity contribution is 0.267. The van der Waals surface area contributed by atoms with E-state index in [1.54, 1.807) is 0 Å². The molecule has 1 aliphatic carbocycles. The Morgan fingerprint density at radius 2 is 2.18 bits per heavy atom. The average molecular weight is 157 g/mol. The highest BCUT2D eigenvalue weighted by molar-refractivity contribution is 4.77. The van der Waals surface area contributed by atoms with Crippen LogP contribution >= 0.6 is 0 Å². The molecule has 0 saturated heterocycles. The summed E-state index contributed by atoms with van der Waals surface area (Å²) in [6, 6.07) is 0. The molecule has 0 amide bonds. The quantitative estimate of drug-likeness (QED) is 0.607. The van der Waals surface area contributed by atoms with Crippen LogP contribution in [-0.4, -0.2) is 18.3 Å². The number of aliphatic hydroxyl groups is 1. The molecule has 0 aliphatic heterocycles. The second kappa shape index (κ2) is 4.73. The third-order valence-electron chi connectivity index (χ3n) is 2.47. The summed E-state index contributed by atoms with van der Waals surface area (Å²) in [6.45, 7) is 1.12. The monoisotopic (exact) mass is 157 g/mol. The molecule has 0 radical (unpaired) electrons. The summed E-state index contributed by atoms with van der Waals surface area (Å²) in [4.78, 5) is 0. The van der Waals surface area contributed by atoms with Crippen LogP contribution in [0.5, 0.6) is 0 Å². The molecule has 3 N–H and O–H groups in total. The van der Waals surface area contributed by atoms with Crippen molar-refractivity contribution in [1.29, 1.82) is 0 Å². The number of nitrogens with two attached hydrogens (primary N) is 1. The van der Waals surface area contributed by atoms with E-state index >= 15 is 0 Å². The zero-order valence-electron chi connectivity index (χ0n) is 7.13. The largest absolute Gasteiger partial charge is 0.396 e. The summed E-state index contributed by atoms with van der Waals surface area (Å²) in [6.07, 6.45) is 6.17. The van der Waals surface area contributed by atoms with Gasteiger partial charge in [0.1, 0.15) is 0 Å². The highest BCUT2D eigenvalue weighted by Crippen LogP contribution is 2.36. The molecule has 1 saturated carbocycles. The Kier molecular flexibility index (Phi) is 3.87. The normalized spacial score (nSPS) is 20.2. The first-order valence-corrected chi connectivity index (χ1v) is 4.67. The summed E-state index contributed by atoms with van der Waals surface area (Å²) < 4.78 is 0. The van der Waals surface area contributed by atoms with E-state index in [2.05, 4.69) is 0 Å². The van der Waals surface area contributed by atoms with Gasteiger partial charge in [-0.1, -0.05) is 12.8 Å². The van der Waals surface area contributed by atoms with Crippen LogP contribution in [0.25, 0.3) is 0 Å². The molecule has 0 aromatic carbocycles. The molecule has 2 nitrogen and oxygen atoms in total. The zero-order valence-corrected chi connectivity index (χ0v) is 7.13. The molecule has 0 unspecified atom stereocenters. The number of rotatable bonds is 6. The van der Waals surface area contributed by atoms with Crippen molar-refractivity contribution in [2.75, 3.05) is 13.2 Å². The highest BCUT2D eigenvalue weighted by Gasteiger charge is 2.24. The SMILES string of the molecule is NC[C@@H](CCCO)CC1CC1. The zero-order chi connectivity index (χ0) is 8.10. The molecular weight excluding hydrogens is 138 g/mol. The Bertz CT molecular complexity index is 102. The van der Waals surface area contributed by atoms with Gasteiger partial charge < -0.3 is 10.8 Å². The van der Waals surface area contributed by atoms with Crippen LogP contribution in [0.3, 0.4) is 0 Å². The second-order valence-electron chi connectivity index (χ2n) is 3.65.